The second-order valence-electron chi connectivity index (χ2n) is 5.00. The summed E-state index contributed by atoms with van der Waals surface area (Å²) in [5.41, 5.74) is 0.783. The van der Waals surface area contributed by atoms with Gasteiger partial charge in [0.1, 0.15) is 11.6 Å². The van der Waals surface area contributed by atoms with Crippen LogP contribution in [0.3, 0.4) is 0 Å². The van der Waals surface area contributed by atoms with Gasteiger partial charge in [0.2, 0.25) is 5.91 Å². The van der Waals surface area contributed by atoms with Crippen molar-refractivity contribution < 1.29 is 13.6 Å². The highest BCUT2D eigenvalue weighted by Gasteiger charge is 2.31. The van der Waals surface area contributed by atoms with Crippen LogP contribution in [0.1, 0.15) is 24.0 Å². The normalized spacial score (nSPS) is 22.4. The van der Waals surface area contributed by atoms with E-state index in [9.17, 15) is 13.6 Å². The Morgan fingerprint density at radius 1 is 1.26 bits per heavy atom. The van der Waals surface area contributed by atoms with Gasteiger partial charge >= 0.3 is 0 Å². The molecule has 2 aliphatic heterocycles. The lowest BCUT2D eigenvalue weighted by Gasteiger charge is -2.31. The molecule has 2 nitrogen and oxygen atoms in total. The third-order valence-electron chi connectivity index (χ3n) is 3.81. The minimum absolute atomic E-state index is 0.0122. The topological polar surface area (TPSA) is 20.3 Å². The van der Waals surface area contributed by atoms with Crippen LogP contribution in [-0.4, -0.2) is 28.4 Å². The Hall–Kier alpha value is -1.10. The van der Waals surface area contributed by atoms with Crippen LogP contribution in [0.15, 0.2) is 12.1 Å². The van der Waals surface area contributed by atoms with E-state index in [1.807, 2.05) is 0 Å². The number of rotatable bonds is 1. The van der Waals surface area contributed by atoms with Crippen LogP contribution in [0, 0.1) is 11.6 Å². The first kappa shape index (κ1) is 12.9. The van der Waals surface area contributed by atoms with Crippen LogP contribution in [0.5, 0.6) is 0 Å². The molecule has 0 N–H and O–H groups in total. The minimum Gasteiger partial charge on any atom is -0.337 e. The molecular weight excluding hydrogens is 268 g/mol. The summed E-state index contributed by atoms with van der Waals surface area (Å²) in [6.45, 7) is 0.693. The summed E-state index contributed by atoms with van der Waals surface area (Å²) in [5, 5.41) is 0.0122. The van der Waals surface area contributed by atoms with E-state index < -0.39 is 5.82 Å². The van der Waals surface area contributed by atoms with Crippen molar-refractivity contribution in [1.29, 1.82) is 0 Å². The fraction of sp³-hybridized carbons (Fsp3) is 0.500. The summed E-state index contributed by atoms with van der Waals surface area (Å²) in [7, 11) is 0. The molecule has 1 amide bonds. The van der Waals surface area contributed by atoms with Crippen molar-refractivity contribution in [3.05, 3.63) is 34.9 Å². The molecule has 1 aromatic carbocycles. The molecule has 0 aromatic heterocycles. The lowest BCUT2D eigenvalue weighted by atomic mass is 9.98. The number of hydrogen-bond donors (Lipinski definition) is 0. The lowest BCUT2D eigenvalue weighted by Crippen LogP contribution is -2.41. The van der Waals surface area contributed by atoms with E-state index in [1.54, 1.807) is 16.7 Å². The van der Waals surface area contributed by atoms with Gasteiger partial charge < -0.3 is 4.90 Å². The van der Waals surface area contributed by atoms with E-state index >= 15 is 0 Å². The Bertz CT molecular complexity index is 514. The van der Waals surface area contributed by atoms with E-state index in [0.29, 0.717) is 24.1 Å². The summed E-state index contributed by atoms with van der Waals surface area (Å²) < 4.78 is 27.4. The second kappa shape index (κ2) is 5.12. The SMILES string of the molecule is O=C([C@H]1CCCS1)N1CCc2c(F)ccc(F)c2C1. The molecule has 1 saturated heterocycles. The zero-order chi connectivity index (χ0) is 13.4. The maximum absolute atomic E-state index is 13.8. The van der Waals surface area contributed by atoms with Gasteiger partial charge in [-0.05, 0) is 42.7 Å². The Morgan fingerprint density at radius 2 is 2.00 bits per heavy atom. The highest BCUT2D eigenvalue weighted by Crippen LogP contribution is 2.30. The standard InChI is InChI=1S/C14H15F2NOS/c15-11-3-4-12(16)10-8-17(6-5-9(10)11)14(18)13-2-1-7-19-13/h3-4,13H,1-2,5-8H2/t13-/m1/s1. The van der Waals surface area contributed by atoms with Crippen molar-refractivity contribution in [3.63, 3.8) is 0 Å². The number of benzene rings is 1. The predicted octanol–water partition coefficient (Wildman–Crippen LogP) is 2.75. The maximum atomic E-state index is 13.8. The number of halogens is 2. The molecule has 0 unspecified atom stereocenters. The minimum atomic E-state index is -0.409. The molecule has 5 heteroatoms. The molecule has 1 fully saturated rings. The lowest BCUT2D eigenvalue weighted by molar-refractivity contribution is -0.131. The molecule has 3 rings (SSSR count). The van der Waals surface area contributed by atoms with Crippen molar-refractivity contribution in [1.82, 2.24) is 4.90 Å². The van der Waals surface area contributed by atoms with Crippen LogP contribution in [-0.2, 0) is 17.8 Å². The number of thioether (sulfide) groups is 1. The fourth-order valence-corrected chi connectivity index (χ4v) is 4.00. The van der Waals surface area contributed by atoms with E-state index in [0.717, 1.165) is 24.7 Å². The average Bonchev–Trinajstić information content (AvgIpc) is 2.96. The zero-order valence-corrected chi connectivity index (χ0v) is 11.3. The number of nitrogens with zero attached hydrogens (tertiary/aromatic N) is 1. The first-order valence-electron chi connectivity index (χ1n) is 6.53. The molecule has 1 atom stereocenters. The Kier molecular flexibility index (Phi) is 3.48. The molecule has 1 aromatic rings. The zero-order valence-electron chi connectivity index (χ0n) is 10.5. The van der Waals surface area contributed by atoms with Crippen LogP contribution in [0.25, 0.3) is 0 Å². The molecule has 0 aliphatic carbocycles. The average molecular weight is 283 g/mol. The van der Waals surface area contributed by atoms with Crippen molar-refractivity contribution >= 4 is 17.7 Å². The van der Waals surface area contributed by atoms with E-state index in [2.05, 4.69) is 0 Å². The van der Waals surface area contributed by atoms with Gasteiger partial charge in [-0.15, -0.1) is 11.8 Å². The monoisotopic (exact) mass is 283 g/mol. The molecular formula is C14H15F2NOS. The third-order valence-corrected chi connectivity index (χ3v) is 5.18. The van der Waals surface area contributed by atoms with Gasteiger partial charge in [-0.25, -0.2) is 8.78 Å². The highest BCUT2D eigenvalue weighted by atomic mass is 32.2. The second-order valence-corrected chi connectivity index (χ2v) is 6.31. The summed E-state index contributed by atoms with van der Waals surface area (Å²) in [5.74, 6) is 0.327. The molecule has 2 heterocycles. The first-order chi connectivity index (χ1) is 9.16. The Morgan fingerprint density at radius 3 is 2.68 bits per heavy atom. The third kappa shape index (κ3) is 2.36. The van der Waals surface area contributed by atoms with Gasteiger partial charge in [0, 0.05) is 18.7 Å². The summed E-state index contributed by atoms with van der Waals surface area (Å²) in [4.78, 5) is 14.0. The number of carbonyl (C=O) groups excluding carboxylic acids is 1. The number of fused-ring (bicyclic) bond motifs is 1. The summed E-state index contributed by atoms with van der Waals surface area (Å²) in [6.07, 6.45) is 2.37. The van der Waals surface area contributed by atoms with E-state index in [4.69, 9.17) is 0 Å². The van der Waals surface area contributed by atoms with Gasteiger partial charge in [-0.3, -0.25) is 4.79 Å². The van der Waals surface area contributed by atoms with Crippen LogP contribution in [0.2, 0.25) is 0 Å². The number of amides is 1. The van der Waals surface area contributed by atoms with Crippen molar-refractivity contribution in [3.8, 4) is 0 Å². The van der Waals surface area contributed by atoms with Crippen molar-refractivity contribution in [2.24, 2.45) is 0 Å². The smallest absolute Gasteiger partial charge is 0.235 e. The molecule has 0 spiro atoms. The molecule has 0 radical (unpaired) electrons. The van der Waals surface area contributed by atoms with Gasteiger partial charge in [-0.2, -0.15) is 0 Å². The van der Waals surface area contributed by atoms with Crippen molar-refractivity contribution in [2.45, 2.75) is 31.1 Å². The number of carbonyl (C=O) groups is 1. The molecule has 2 aliphatic rings. The highest BCUT2D eigenvalue weighted by molar-refractivity contribution is 8.00. The Labute approximate surface area is 115 Å². The van der Waals surface area contributed by atoms with E-state index in [-0.39, 0.29) is 23.5 Å². The molecule has 102 valence electrons. The maximum Gasteiger partial charge on any atom is 0.235 e. The van der Waals surface area contributed by atoms with Gasteiger partial charge in [0.25, 0.3) is 0 Å². The van der Waals surface area contributed by atoms with Gasteiger partial charge in [-0.1, -0.05) is 0 Å². The molecule has 0 saturated carbocycles. The van der Waals surface area contributed by atoms with Crippen LogP contribution in [0.4, 0.5) is 8.78 Å². The first-order valence-corrected chi connectivity index (χ1v) is 7.58. The number of hydrogen-bond acceptors (Lipinski definition) is 2. The Balaban J connectivity index is 1.82. The van der Waals surface area contributed by atoms with E-state index in [1.165, 1.54) is 6.07 Å². The fourth-order valence-electron chi connectivity index (χ4n) is 2.76. The quantitative estimate of drug-likeness (QED) is 0.790. The largest absolute Gasteiger partial charge is 0.337 e. The predicted molar refractivity (Wildman–Crippen MR) is 71.0 cm³/mol. The van der Waals surface area contributed by atoms with Gasteiger partial charge in [0.15, 0.2) is 0 Å². The van der Waals surface area contributed by atoms with Gasteiger partial charge in [0.05, 0.1) is 5.25 Å². The van der Waals surface area contributed by atoms with Crippen molar-refractivity contribution in [2.75, 3.05) is 12.3 Å². The summed E-state index contributed by atoms with van der Waals surface area (Å²) >= 11 is 1.67. The molecule has 19 heavy (non-hydrogen) atoms. The van der Waals surface area contributed by atoms with Crippen LogP contribution >= 0.6 is 11.8 Å². The molecule has 0 bridgehead atoms. The summed E-state index contributed by atoms with van der Waals surface area (Å²) in [6, 6.07) is 2.31. The van der Waals surface area contributed by atoms with Crippen LogP contribution < -0.4 is 0 Å².